The first-order chi connectivity index (χ1) is 15.1. The third kappa shape index (κ3) is 6.84. The number of hydrogen-bond donors (Lipinski definition) is 1. The van der Waals surface area contributed by atoms with Crippen LogP contribution in [0.5, 0.6) is 5.88 Å². The van der Waals surface area contributed by atoms with E-state index in [-0.39, 0.29) is 18.1 Å². The lowest BCUT2D eigenvalue weighted by atomic mass is 9.89. The van der Waals surface area contributed by atoms with E-state index in [1.807, 2.05) is 13.8 Å². The molecule has 2 aromatic heterocycles. The van der Waals surface area contributed by atoms with Crippen molar-refractivity contribution in [2.75, 3.05) is 6.61 Å². The quantitative estimate of drug-likeness (QED) is 0.337. The molecule has 0 aromatic carbocycles. The summed E-state index contributed by atoms with van der Waals surface area (Å²) in [7, 11) is 0. The maximum Gasteiger partial charge on any atom is 0.400 e. The van der Waals surface area contributed by atoms with Crippen molar-refractivity contribution in [1.82, 2.24) is 9.61 Å². The Balaban J connectivity index is 2.26. The molecule has 0 saturated carbocycles. The second-order valence-electron chi connectivity index (χ2n) is 8.73. The van der Waals surface area contributed by atoms with Crippen LogP contribution in [0.3, 0.4) is 0 Å². The number of ketones is 1. The first-order valence-electron chi connectivity index (χ1n) is 10.6. The molecule has 33 heavy (non-hydrogen) atoms. The molecular weight excluding hydrogens is 452 g/mol. The molecule has 0 radical (unpaired) electrons. The van der Waals surface area contributed by atoms with Crippen molar-refractivity contribution in [3.05, 3.63) is 29.0 Å². The van der Waals surface area contributed by atoms with Crippen molar-refractivity contribution >= 4 is 11.3 Å². The van der Waals surface area contributed by atoms with Gasteiger partial charge in [-0.1, -0.05) is 13.3 Å². The third-order valence-corrected chi connectivity index (χ3v) is 5.49. The zero-order valence-electron chi connectivity index (χ0n) is 19.0. The number of hydrogen-bond acceptors (Lipinski definition) is 4. The van der Waals surface area contributed by atoms with Gasteiger partial charge in [0.15, 0.2) is 11.7 Å². The second-order valence-corrected chi connectivity index (χ2v) is 8.73. The Morgan fingerprint density at radius 3 is 2.27 bits per heavy atom. The summed E-state index contributed by atoms with van der Waals surface area (Å²) in [5.74, 6) is -3.72. The number of halogens is 6. The van der Waals surface area contributed by atoms with Crippen LogP contribution in [0.2, 0.25) is 0 Å². The molecule has 0 bridgehead atoms. The molecule has 0 amide bonds. The number of aromatic nitrogens is 2. The van der Waals surface area contributed by atoms with E-state index in [0.717, 1.165) is 12.8 Å². The highest BCUT2D eigenvalue weighted by molar-refractivity contribution is 6.03. The maximum atomic E-state index is 12.9. The van der Waals surface area contributed by atoms with Crippen LogP contribution >= 0.6 is 0 Å². The van der Waals surface area contributed by atoms with Crippen molar-refractivity contribution in [2.45, 2.75) is 77.7 Å². The minimum absolute atomic E-state index is 0.0371. The lowest BCUT2D eigenvalue weighted by Gasteiger charge is -2.23. The monoisotopic (exact) mass is 481 g/mol. The molecule has 0 aliphatic carbocycles. The molecule has 1 unspecified atom stereocenters. The molecule has 2 aromatic rings. The summed E-state index contributed by atoms with van der Waals surface area (Å²) < 4.78 is 83.1. The Morgan fingerprint density at radius 1 is 1.12 bits per heavy atom. The van der Waals surface area contributed by atoms with E-state index in [9.17, 15) is 31.1 Å². The number of ether oxygens (including phenoxy) is 1. The van der Waals surface area contributed by atoms with Crippen LogP contribution in [-0.4, -0.2) is 39.9 Å². The number of rotatable bonds is 10. The van der Waals surface area contributed by atoms with Crippen LogP contribution in [0.25, 0.3) is 5.52 Å². The number of nitrogens with zero attached hydrogens (tertiary/aromatic N) is 2. The number of pyridine rings is 1. The minimum Gasteiger partial charge on any atom is -0.478 e. The highest BCUT2D eigenvalue weighted by Gasteiger charge is 2.56. The first-order valence-corrected chi connectivity index (χ1v) is 10.6. The number of carbonyl (C=O) groups is 1. The average Bonchev–Trinajstić information content (AvgIpc) is 2.97. The molecule has 0 aliphatic heterocycles. The Bertz CT molecular complexity index is 965. The summed E-state index contributed by atoms with van der Waals surface area (Å²) in [5, 5.41) is 4.25. The van der Waals surface area contributed by atoms with Gasteiger partial charge < -0.3 is 10.5 Å². The van der Waals surface area contributed by atoms with Crippen molar-refractivity contribution in [2.24, 2.45) is 11.7 Å². The van der Waals surface area contributed by atoms with Crippen molar-refractivity contribution in [1.29, 1.82) is 0 Å². The average molecular weight is 481 g/mol. The van der Waals surface area contributed by atoms with E-state index in [2.05, 4.69) is 5.10 Å². The number of alkyl halides is 6. The smallest absolute Gasteiger partial charge is 0.400 e. The van der Waals surface area contributed by atoms with Gasteiger partial charge in [-0.3, -0.25) is 4.79 Å². The SMILES string of the molecule is CCCC(C)(N)CCC(=O)c1c(C)nn2c(OCCC(C(F)(F)F)C(F)(F)F)cc(C)cc12. The molecule has 0 saturated heterocycles. The normalized spacial score (nSPS) is 14.7. The van der Waals surface area contributed by atoms with Gasteiger partial charge in [-0.2, -0.15) is 31.4 Å². The summed E-state index contributed by atoms with van der Waals surface area (Å²) >= 11 is 0. The molecule has 2 N–H and O–H groups in total. The maximum absolute atomic E-state index is 12.9. The zero-order valence-corrected chi connectivity index (χ0v) is 19.0. The Hall–Kier alpha value is -2.30. The summed E-state index contributed by atoms with van der Waals surface area (Å²) in [5.41, 5.74) is 7.42. The Labute approximate surface area is 188 Å². The number of fused-ring (bicyclic) bond motifs is 1. The number of carbonyl (C=O) groups excluding carboxylic acids is 1. The summed E-state index contributed by atoms with van der Waals surface area (Å²) in [6.07, 6.45) is -9.88. The number of aryl methyl sites for hydroxylation is 2. The second kappa shape index (κ2) is 9.90. The van der Waals surface area contributed by atoms with Gasteiger partial charge in [0.2, 0.25) is 5.88 Å². The van der Waals surface area contributed by atoms with Gasteiger partial charge in [-0.05, 0) is 45.2 Å². The van der Waals surface area contributed by atoms with Crippen molar-refractivity contribution < 1.29 is 35.9 Å². The lowest BCUT2D eigenvalue weighted by molar-refractivity contribution is -0.286. The van der Waals surface area contributed by atoms with E-state index < -0.39 is 36.8 Å². The van der Waals surface area contributed by atoms with E-state index in [4.69, 9.17) is 10.5 Å². The van der Waals surface area contributed by atoms with Gasteiger partial charge in [0.1, 0.15) is 0 Å². The van der Waals surface area contributed by atoms with Crippen LogP contribution in [0, 0.1) is 19.8 Å². The van der Waals surface area contributed by atoms with E-state index in [1.165, 1.54) is 10.6 Å². The molecule has 186 valence electrons. The highest BCUT2D eigenvalue weighted by Crippen LogP contribution is 2.41. The molecule has 0 fully saturated rings. The zero-order chi connectivity index (χ0) is 25.2. The van der Waals surface area contributed by atoms with Crippen LogP contribution in [0.1, 0.15) is 67.6 Å². The largest absolute Gasteiger partial charge is 0.478 e. The van der Waals surface area contributed by atoms with Crippen LogP contribution < -0.4 is 10.5 Å². The van der Waals surface area contributed by atoms with Gasteiger partial charge in [-0.25, -0.2) is 4.52 Å². The molecular formula is C22H29F6N3O2. The predicted octanol–water partition coefficient (Wildman–Crippen LogP) is 5.94. The molecule has 2 rings (SSSR count). The van der Waals surface area contributed by atoms with Gasteiger partial charge in [0.05, 0.1) is 23.4 Å². The van der Waals surface area contributed by atoms with Gasteiger partial charge in [0.25, 0.3) is 0 Å². The number of nitrogens with two attached hydrogens (primary N) is 1. The van der Waals surface area contributed by atoms with Gasteiger partial charge in [-0.15, -0.1) is 0 Å². The standard InChI is InChI=1S/C22H29F6N3O2/c1-5-8-20(4,29)9-6-16(32)19-14(3)30-31-15(19)11-13(2)12-18(31)33-10-7-17(21(23,24)25)22(26,27)28/h11-12,17H,5-10,29H2,1-4H3. The molecule has 1 atom stereocenters. The summed E-state index contributed by atoms with van der Waals surface area (Å²) in [6, 6.07) is 3.12. The molecule has 5 nitrogen and oxygen atoms in total. The highest BCUT2D eigenvalue weighted by atomic mass is 19.4. The predicted molar refractivity (Wildman–Crippen MR) is 111 cm³/mol. The topological polar surface area (TPSA) is 69.6 Å². The van der Waals surface area contributed by atoms with Gasteiger partial charge in [0, 0.05) is 24.4 Å². The fourth-order valence-corrected chi connectivity index (χ4v) is 3.82. The number of Topliss-reactive ketones (excluding diaryl/α,β-unsaturated/α-hetero) is 1. The molecule has 0 aliphatic rings. The van der Waals surface area contributed by atoms with Gasteiger partial charge >= 0.3 is 12.4 Å². The molecule has 11 heteroatoms. The lowest BCUT2D eigenvalue weighted by Crippen LogP contribution is -2.37. The minimum atomic E-state index is -5.43. The van der Waals surface area contributed by atoms with Crippen LogP contribution in [0.4, 0.5) is 26.3 Å². The summed E-state index contributed by atoms with van der Waals surface area (Å²) in [6.45, 7) is 6.33. The van der Waals surface area contributed by atoms with Crippen molar-refractivity contribution in [3.63, 3.8) is 0 Å². The van der Waals surface area contributed by atoms with E-state index in [1.54, 1.807) is 19.9 Å². The van der Waals surface area contributed by atoms with Crippen LogP contribution in [-0.2, 0) is 0 Å². The van der Waals surface area contributed by atoms with Crippen molar-refractivity contribution in [3.8, 4) is 5.88 Å². The van der Waals surface area contributed by atoms with E-state index in [0.29, 0.717) is 28.8 Å². The molecule has 2 heterocycles. The first kappa shape index (κ1) is 26.9. The van der Waals surface area contributed by atoms with Crippen LogP contribution in [0.15, 0.2) is 12.1 Å². The fraction of sp³-hybridized carbons (Fsp3) is 0.636. The Kier molecular flexibility index (Phi) is 8.09. The third-order valence-electron chi connectivity index (χ3n) is 5.49. The Morgan fingerprint density at radius 2 is 1.73 bits per heavy atom. The fourth-order valence-electron chi connectivity index (χ4n) is 3.82. The van der Waals surface area contributed by atoms with E-state index >= 15 is 0 Å². The summed E-state index contributed by atoms with van der Waals surface area (Å²) in [4.78, 5) is 12.9. The molecule has 0 spiro atoms.